The van der Waals surface area contributed by atoms with Crippen LogP contribution in [0.1, 0.15) is 5.56 Å². The lowest BCUT2D eigenvalue weighted by Crippen LogP contribution is -1.73. The third kappa shape index (κ3) is 2.96. The molecular formula is C6H7Br2N. The van der Waals surface area contributed by atoms with Gasteiger partial charge < -0.3 is 0 Å². The molecule has 0 atom stereocenters. The summed E-state index contributed by atoms with van der Waals surface area (Å²) in [5.74, 6) is 0. The van der Waals surface area contributed by atoms with Crippen molar-refractivity contribution in [2.24, 2.45) is 0 Å². The monoisotopic (exact) mass is 251 g/mol. The van der Waals surface area contributed by atoms with Gasteiger partial charge >= 0.3 is 0 Å². The summed E-state index contributed by atoms with van der Waals surface area (Å²) in [5, 5.41) is 0. The summed E-state index contributed by atoms with van der Waals surface area (Å²) in [7, 11) is 0. The minimum atomic E-state index is 0. The summed E-state index contributed by atoms with van der Waals surface area (Å²) >= 11 is 3.25. The van der Waals surface area contributed by atoms with Crippen molar-refractivity contribution in [3.05, 3.63) is 28.5 Å². The molecule has 0 aliphatic carbocycles. The van der Waals surface area contributed by atoms with Crippen LogP contribution in [0.15, 0.2) is 22.9 Å². The molecule has 9 heavy (non-hydrogen) atoms. The first-order valence-corrected chi connectivity index (χ1v) is 3.16. The molecule has 1 rings (SSSR count). The smallest absolute Gasteiger partial charge is 0.106 e. The van der Waals surface area contributed by atoms with E-state index >= 15 is 0 Å². The van der Waals surface area contributed by atoms with Gasteiger partial charge in [0.2, 0.25) is 0 Å². The van der Waals surface area contributed by atoms with E-state index in [4.69, 9.17) is 0 Å². The summed E-state index contributed by atoms with van der Waals surface area (Å²) in [5.41, 5.74) is 1.23. The third-order valence-corrected chi connectivity index (χ3v) is 1.32. The fraction of sp³-hybridized carbons (Fsp3) is 0.167. The van der Waals surface area contributed by atoms with Crippen LogP contribution in [-0.4, -0.2) is 4.98 Å². The van der Waals surface area contributed by atoms with Crippen LogP contribution < -0.4 is 0 Å². The minimum absolute atomic E-state index is 0. The van der Waals surface area contributed by atoms with E-state index in [2.05, 4.69) is 20.9 Å². The predicted octanol–water partition coefficient (Wildman–Crippen LogP) is 2.73. The first kappa shape index (κ1) is 9.11. The number of rotatable bonds is 0. The summed E-state index contributed by atoms with van der Waals surface area (Å²) in [6.07, 6.45) is 1.78. The quantitative estimate of drug-likeness (QED) is 0.648. The van der Waals surface area contributed by atoms with E-state index in [1.807, 2.05) is 19.1 Å². The van der Waals surface area contributed by atoms with E-state index in [-0.39, 0.29) is 17.0 Å². The van der Waals surface area contributed by atoms with Crippen molar-refractivity contribution in [1.82, 2.24) is 4.98 Å². The number of nitrogens with zero attached hydrogens (tertiary/aromatic N) is 1. The summed E-state index contributed by atoms with van der Waals surface area (Å²) in [4.78, 5) is 3.96. The van der Waals surface area contributed by atoms with E-state index in [1.165, 1.54) is 5.56 Å². The Bertz CT molecular complexity index is 171. The Kier molecular flexibility index (Phi) is 4.06. The van der Waals surface area contributed by atoms with Crippen LogP contribution in [0.5, 0.6) is 0 Å². The molecule has 0 fully saturated rings. The standard InChI is InChI=1S/C6H6BrN.BrH/c1-5-2-3-8-6(7)4-5;/h2-4H,1H3;1H. The molecule has 0 amide bonds. The third-order valence-electron chi connectivity index (χ3n) is 0.882. The molecule has 0 N–H and O–H groups in total. The molecule has 0 aliphatic rings. The molecule has 50 valence electrons. The van der Waals surface area contributed by atoms with Gasteiger partial charge in [0.15, 0.2) is 0 Å². The highest BCUT2D eigenvalue weighted by Gasteiger charge is 1.83. The Morgan fingerprint density at radius 1 is 1.56 bits per heavy atom. The molecule has 0 saturated carbocycles. The zero-order valence-electron chi connectivity index (χ0n) is 4.97. The number of aromatic nitrogens is 1. The van der Waals surface area contributed by atoms with Crippen LogP contribution in [0.25, 0.3) is 0 Å². The molecule has 0 saturated heterocycles. The van der Waals surface area contributed by atoms with Crippen molar-refractivity contribution in [2.45, 2.75) is 6.92 Å². The predicted molar refractivity (Wildman–Crippen MR) is 47.0 cm³/mol. The average molecular weight is 253 g/mol. The largest absolute Gasteiger partial charge is 0.249 e. The van der Waals surface area contributed by atoms with E-state index in [1.54, 1.807) is 6.20 Å². The van der Waals surface area contributed by atoms with Gasteiger partial charge in [-0.25, -0.2) is 4.98 Å². The van der Waals surface area contributed by atoms with Gasteiger partial charge in [-0.15, -0.1) is 17.0 Å². The molecular weight excluding hydrogens is 246 g/mol. The SMILES string of the molecule is Br.Cc1ccnc(Br)c1. The Morgan fingerprint density at radius 2 is 2.22 bits per heavy atom. The minimum Gasteiger partial charge on any atom is -0.249 e. The Hall–Kier alpha value is 0.110. The second kappa shape index (κ2) is 4.01. The van der Waals surface area contributed by atoms with Crippen LogP contribution in [0.4, 0.5) is 0 Å². The number of hydrogen-bond donors (Lipinski definition) is 0. The lowest BCUT2D eigenvalue weighted by molar-refractivity contribution is 1.24. The van der Waals surface area contributed by atoms with Crippen molar-refractivity contribution in [1.29, 1.82) is 0 Å². The van der Waals surface area contributed by atoms with Gasteiger partial charge in [0.1, 0.15) is 4.60 Å². The van der Waals surface area contributed by atoms with Crippen LogP contribution >= 0.6 is 32.9 Å². The highest BCUT2D eigenvalue weighted by molar-refractivity contribution is 9.10. The topological polar surface area (TPSA) is 12.9 Å². The average Bonchev–Trinajstić information content (AvgIpc) is 1.64. The van der Waals surface area contributed by atoms with E-state index in [9.17, 15) is 0 Å². The van der Waals surface area contributed by atoms with Crippen molar-refractivity contribution in [3.8, 4) is 0 Å². The number of halogens is 2. The molecule has 0 bridgehead atoms. The summed E-state index contributed by atoms with van der Waals surface area (Å²) in [6.45, 7) is 2.03. The fourth-order valence-corrected chi connectivity index (χ4v) is 0.979. The van der Waals surface area contributed by atoms with E-state index in [0.717, 1.165) is 4.60 Å². The van der Waals surface area contributed by atoms with Crippen molar-refractivity contribution < 1.29 is 0 Å². The lowest BCUT2D eigenvalue weighted by atomic mass is 10.3. The van der Waals surface area contributed by atoms with Gasteiger partial charge in [0.25, 0.3) is 0 Å². The Morgan fingerprint density at radius 3 is 2.56 bits per heavy atom. The van der Waals surface area contributed by atoms with Crippen LogP contribution in [0.2, 0.25) is 0 Å². The Labute approximate surface area is 73.4 Å². The maximum atomic E-state index is 3.96. The fourth-order valence-electron chi connectivity index (χ4n) is 0.499. The molecule has 1 aromatic heterocycles. The molecule has 0 spiro atoms. The zero-order chi connectivity index (χ0) is 5.98. The number of hydrogen-bond acceptors (Lipinski definition) is 1. The van der Waals surface area contributed by atoms with Crippen molar-refractivity contribution in [2.75, 3.05) is 0 Å². The van der Waals surface area contributed by atoms with E-state index in [0.29, 0.717) is 0 Å². The molecule has 0 aromatic carbocycles. The van der Waals surface area contributed by atoms with Crippen LogP contribution in [-0.2, 0) is 0 Å². The van der Waals surface area contributed by atoms with Crippen LogP contribution in [0.3, 0.4) is 0 Å². The molecule has 1 heterocycles. The van der Waals surface area contributed by atoms with Crippen molar-refractivity contribution in [3.63, 3.8) is 0 Å². The summed E-state index contributed by atoms with van der Waals surface area (Å²) < 4.78 is 0.900. The van der Waals surface area contributed by atoms with Gasteiger partial charge in [0.05, 0.1) is 0 Å². The zero-order valence-corrected chi connectivity index (χ0v) is 8.26. The van der Waals surface area contributed by atoms with Gasteiger partial charge in [-0.1, -0.05) is 0 Å². The first-order chi connectivity index (χ1) is 3.79. The lowest BCUT2D eigenvalue weighted by Gasteiger charge is -1.88. The first-order valence-electron chi connectivity index (χ1n) is 2.37. The molecule has 0 aliphatic heterocycles. The van der Waals surface area contributed by atoms with Crippen molar-refractivity contribution >= 4 is 32.9 Å². The second-order valence-corrected chi connectivity index (χ2v) is 2.47. The summed E-state index contributed by atoms with van der Waals surface area (Å²) in [6, 6.07) is 3.94. The second-order valence-electron chi connectivity index (χ2n) is 1.66. The number of aryl methyl sites for hydroxylation is 1. The number of pyridine rings is 1. The Balaban J connectivity index is 0.000000640. The highest BCUT2D eigenvalue weighted by Crippen LogP contribution is 2.05. The van der Waals surface area contributed by atoms with E-state index < -0.39 is 0 Å². The highest BCUT2D eigenvalue weighted by atomic mass is 79.9. The van der Waals surface area contributed by atoms with Gasteiger partial charge in [-0.3, -0.25) is 0 Å². The van der Waals surface area contributed by atoms with Crippen LogP contribution in [0, 0.1) is 6.92 Å². The van der Waals surface area contributed by atoms with Gasteiger partial charge in [0, 0.05) is 6.20 Å². The molecule has 1 nitrogen and oxygen atoms in total. The normalized spacial score (nSPS) is 8.22. The molecule has 0 radical (unpaired) electrons. The van der Waals surface area contributed by atoms with Gasteiger partial charge in [-0.2, -0.15) is 0 Å². The van der Waals surface area contributed by atoms with Gasteiger partial charge in [-0.05, 0) is 40.5 Å². The molecule has 3 heteroatoms. The molecule has 0 unspecified atom stereocenters. The molecule has 1 aromatic rings. The maximum Gasteiger partial charge on any atom is 0.106 e. The maximum absolute atomic E-state index is 3.96.